The molecule has 0 radical (unpaired) electrons. The zero-order chi connectivity index (χ0) is 21.6. The molecule has 0 aromatic heterocycles. The van der Waals surface area contributed by atoms with Gasteiger partial charge in [0.1, 0.15) is 11.9 Å². The van der Waals surface area contributed by atoms with Crippen molar-refractivity contribution < 1.29 is 14.5 Å². The number of nitrogens with zero attached hydrogens (tertiary/aromatic N) is 1. The van der Waals surface area contributed by atoms with Crippen LogP contribution in [0, 0.1) is 10.1 Å². The Kier molecular flexibility index (Phi) is 7.86. The van der Waals surface area contributed by atoms with Gasteiger partial charge < -0.3 is 20.7 Å². The lowest BCUT2D eigenvalue weighted by Gasteiger charge is -2.28. The van der Waals surface area contributed by atoms with Crippen molar-refractivity contribution >= 4 is 69.4 Å². The van der Waals surface area contributed by atoms with Gasteiger partial charge in [-0.15, -0.1) is 0 Å². The van der Waals surface area contributed by atoms with E-state index in [2.05, 4.69) is 16.0 Å². The number of ether oxygens (including phenoxy) is 1. The summed E-state index contributed by atoms with van der Waals surface area (Å²) in [4.78, 5) is 22.8. The van der Waals surface area contributed by atoms with Crippen molar-refractivity contribution in [2.24, 2.45) is 0 Å². The van der Waals surface area contributed by atoms with Gasteiger partial charge in [-0.2, -0.15) is 0 Å². The minimum Gasteiger partial charge on any atom is -0.495 e. The van der Waals surface area contributed by atoms with Gasteiger partial charge in [-0.05, 0) is 30.4 Å². The summed E-state index contributed by atoms with van der Waals surface area (Å²) in [6.07, 6.45) is -1.24. The van der Waals surface area contributed by atoms with E-state index in [1.165, 1.54) is 25.3 Å². The lowest BCUT2D eigenvalue weighted by molar-refractivity contribution is -0.384. The maximum atomic E-state index is 12.5. The van der Waals surface area contributed by atoms with Gasteiger partial charge in [0.25, 0.3) is 11.6 Å². The summed E-state index contributed by atoms with van der Waals surface area (Å²) < 4.78 is 3.24. The van der Waals surface area contributed by atoms with Gasteiger partial charge >= 0.3 is 0 Å². The molecule has 12 heteroatoms. The van der Waals surface area contributed by atoms with Crippen LogP contribution in [0.2, 0.25) is 0 Å². The summed E-state index contributed by atoms with van der Waals surface area (Å²) in [5, 5.41) is 19.0. The van der Waals surface area contributed by atoms with Crippen molar-refractivity contribution in [1.82, 2.24) is 10.6 Å². The Morgan fingerprint density at radius 1 is 1.17 bits per heavy atom. The summed E-state index contributed by atoms with van der Waals surface area (Å²) in [7, 11) is 1.50. The molecule has 2 aromatic rings. The number of non-ortho nitro benzene ring substituents is 1. The topological polar surface area (TPSA) is 106 Å². The number of carbonyl (C=O) groups is 1. The predicted molar refractivity (Wildman–Crippen MR) is 117 cm³/mol. The molecule has 1 amide bonds. The number of anilines is 1. The normalized spacial score (nSPS) is 11.9. The second-order valence-corrected chi connectivity index (χ2v) is 8.33. The number of carbonyl (C=O) groups excluding carboxylic acids is 1. The molecule has 0 aliphatic carbocycles. The van der Waals surface area contributed by atoms with Gasteiger partial charge in [-0.25, -0.2) is 0 Å². The average Bonchev–Trinajstić information content (AvgIpc) is 2.67. The van der Waals surface area contributed by atoms with Crippen LogP contribution in [0.25, 0.3) is 0 Å². The molecule has 29 heavy (non-hydrogen) atoms. The van der Waals surface area contributed by atoms with Crippen molar-refractivity contribution in [2.75, 3.05) is 12.4 Å². The van der Waals surface area contributed by atoms with Gasteiger partial charge in [0.15, 0.2) is 5.11 Å². The monoisotopic (exact) mass is 476 g/mol. The molecule has 0 aliphatic heterocycles. The fourth-order valence-electron chi connectivity index (χ4n) is 2.21. The summed E-state index contributed by atoms with van der Waals surface area (Å²) in [6.45, 7) is 0. The number of hydrogen-bond donors (Lipinski definition) is 3. The van der Waals surface area contributed by atoms with E-state index in [4.69, 9.17) is 51.8 Å². The number of halogens is 3. The van der Waals surface area contributed by atoms with Crippen molar-refractivity contribution in [2.45, 2.75) is 9.96 Å². The highest BCUT2D eigenvalue weighted by Gasteiger charge is 2.35. The Morgan fingerprint density at radius 3 is 2.48 bits per heavy atom. The van der Waals surface area contributed by atoms with E-state index in [0.29, 0.717) is 11.4 Å². The van der Waals surface area contributed by atoms with Gasteiger partial charge in [0, 0.05) is 17.7 Å². The maximum absolute atomic E-state index is 12.5. The Labute approximate surface area is 186 Å². The second-order valence-electron chi connectivity index (χ2n) is 5.55. The molecule has 0 heterocycles. The van der Waals surface area contributed by atoms with E-state index in [0.717, 1.165) is 6.07 Å². The molecule has 0 spiro atoms. The molecule has 0 saturated carbocycles. The number of amides is 1. The molecular weight excluding hydrogens is 463 g/mol. The molecule has 0 fully saturated rings. The van der Waals surface area contributed by atoms with E-state index in [1.54, 1.807) is 24.3 Å². The van der Waals surface area contributed by atoms with Crippen molar-refractivity contribution in [3.8, 4) is 5.75 Å². The quantitative estimate of drug-likeness (QED) is 0.190. The first-order valence-electron chi connectivity index (χ1n) is 7.94. The van der Waals surface area contributed by atoms with Crippen LogP contribution in [0.5, 0.6) is 5.75 Å². The third-order valence-electron chi connectivity index (χ3n) is 3.55. The molecule has 0 saturated heterocycles. The number of thiocarbonyl (C=S) groups is 1. The van der Waals surface area contributed by atoms with E-state index < -0.39 is 20.8 Å². The second kappa shape index (κ2) is 9.93. The van der Waals surface area contributed by atoms with E-state index in [9.17, 15) is 14.9 Å². The number of hydrogen-bond acceptors (Lipinski definition) is 5. The summed E-state index contributed by atoms with van der Waals surface area (Å²) in [6, 6.07) is 12.1. The average molecular weight is 478 g/mol. The van der Waals surface area contributed by atoms with Crippen LogP contribution in [0.3, 0.4) is 0 Å². The zero-order valence-corrected chi connectivity index (χ0v) is 17.9. The molecule has 1 atom stereocenters. The molecule has 8 nitrogen and oxygen atoms in total. The Morgan fingerprint density at radius 2 is 1.86 bits per heavy atom. The molecule has 0 bridgehead atoms. The van der Waals surface area contributed by atoms with Crippen LogP contribution in [0.4, 0.5) is 11.4 Å². The Bertz CT molecular complexity index is 924. The van der Waals surface area contributed by atoms with E-state index >= 15 is 0 Å². The number of nitro groups is 1. The summed E-state index contributed by atoms with van der Waals surface area (Å²) >= 11 is 23.1. The van der Waals surface area contributed by atoms with Gasteiger partial charge in [-0.1, -0.05) is 53.0 Å². The first kappa shape index (κ1) is 23.0. The molecule has 0 unspecified atom stereocenters. The SMILES string of the molecule is COc1ccccc1NC(=S)N[C@H](NC(=O)c1cccc([N+](=O)[O-])c1)C(Cl)(Cl)Cl. The molecular formula is C17H15Cl3N4O4S. The summed E-state index contributed by atoms with van der Waals surface area (Å²) in [5.74, 6) is -0.166. The minimum atomic E-state index is -1.98. The number of benzene rings is 2. The van der Waals surface area contributed by atoms with Crippen LogP contribution in [0.15, 0.2) is 48.5 Å². The number of nitrogens with one attached hydrogen (secondary N) is 3. The smallest absolute Gasteiger partial charge is 0.270 e. The van der Waals surface area contributed by atoms with Crippen LogP contribution in [-0.2, 0) is 0 Å². The maximum Gasteiger partial charge on any atom is 0.270 e. The van der Waals surface area contributed by atoms with Gasteiger partial charge in [-0.3, -0.25) is 14.9 Å². The zero-order valence-electron chi connectivity index (χ0n) is 14.8. The molecule has 0 aliphatic rings. The van der Waals surface area contributed by atoms with Crippen molar-refractivity contribution in [1.29, 1.82) is 0 Å². The first-order valence-corrected chi connectivity index (χ1v) is 9.48. The van der Waals surface area contributed by atoms with Crippen molar-refractivity contribution in [3.63, 3.8) is 0 Å². The fraction of sp³-hybridized carbons (Fsp3) is 0.176. The number of methoxy groups -OCH3 is 1. The van der Waals surface area contributed by atoms with Crippen LogP contribution >= 0.6 is 47.0 Å². The van der Waals surface area contributed by atoms with Gasteiger partial charge in [0.2, 0.25) is 3.79 Å². The van der Waals surface area contributed by atoms with E-state index in [1.807, 2.05) is 0 Å². The lowest BCUT2D eigenvalue weighted by Crippen LogP contribution is -2.56. The Hall–Kier alpha value is -2.33. The molecule has 2 aromatic carbocycles. The third-order valence-corrected chi connectivity index (χ3v) is 4.43. The van der Waals surface area contributed by atoms with Crippen LogP contribution in [-0.4, -0.2) is 33.0 Å². The number of rotatable bonds is 6. The number of para-hydroxylation sites is 2. The Balaban J connectivity index is 2.13. The van der Waals surface area contributed by atoms with Crippen LogP contribution in [0.1, 0.15) is 10.4 Å². The minimum absolute atomic E-state index is 0.0175. The predicted octanol–water partition coefficient (Wildman–Crippen LogP) is 4.02. The number of alkyl halides is 3. The largest absolute Gasteiger partial charge is 0.495 e. The number of nitro benzene ring substituents is 1. The van der Waals surface area contributed by atoms with Crippen molar-refractivity contribution in [3.05, 3.63) is 64.2 Å². The standard InChI is InChI=1S/C17H15Cl3N4O4S/c1-28-13-8-3-2-7-12(13)21-16(29)23-15(17(18,19)20)22-14(25)10-5-4-6-11(9-10)24(26)27/h2-9,15H,1H3,(H,22,25)(H2,21,23,29)/t15-/m0/s1. The molecule has 154 valence electrons. The highest BCUT2D eigenvalue weighted by molar-refractivity contribution is 7.80. The molecule has 2 rings (SSSR count). The van der Waals surface area contributed by atoms with Crippen LogP contribution < -0.4 is 20.7 Å². The fourth-order valence-corrected chi connectivity index (χ4v) is 2.77. The summed E-state index contributed by atoms with van der Waals surface area (Å²) in [5.41, 5.74) is 0.328. The highest BCUT2D eigenvalue weighted by atomic mass is 35.6. The molecule has 3 N–H and O–H groups in total. The first-order chi connectivity index (χ1) is 13.6. The lowest BCUT2D eigenvalue weighted by atomic mass is 10.2. The van der Waals surface area contributed by atoms with Gasteiger partial charge in [0.05, 0.1) is 17.7 Å². The third kappa shape index (κ3) is 6.60. The van der Waals surface area contributed by atoms with E-state index in [-0.39, 0.29) is 16.4 Å². The highest BCUT2D eigenvalue weighted by Crippen LogP contribution is 2.30.